The van der Waals surface area contributed by atoms with E-state index in [0.717, 1.165) is 37.2 Å². The van der Waals surface area contributed by atoms with Gasteiger partial charge < -0.3 is 10.2 Å². The van der Waals surface area contributed by atoms with E-state index in [9.17, 15) is 4.79 Å². The van der Waals surface area contributed by atoms with Crippen LogP contribution in [0.5, 0.6) is 0 Å². The maximum atomic E-state index is 12.9. The van der Waals surface area contributed by atoms with Crippen molar-refractivity contribution in [1.82, 2.24) is 4.90 Å². The molecular formula is C17H26N2O. The van der Waals surface area contributed by atoms with E-state index in [0.29, 0.717) is 5.92 Å². The van der Waals surface area contributed by atoms with Crippen molar-refractivity contribution >= 4 is 11.6 Å². The number of anilines is 1. The zero-order valence-electron chi connectivity index (χ0n) is 13.1. The quantitative estimate of drug-likeness (QED) is 0.910. The highest BCUT2D eigenvalue weighted by Crippen LogP contribution is 2.27. The predicted molar refractivity (Wildman–Crippen MR) is 84.3 cm³/mol. The SMILES string of the molecule is CC(C)CN(C(=O)c1cccc2c1NCCC2)C(C)C. The topological polar surface area (TPSA) is 32.3 Å². The molecule has 0 aliphatic carbocycles. The fraction of sp³-hybridized carbons (Fsp3) is 0.588. The lowest BCUT2D eigenvalue weighted by atomic mass is 9.98. The Hall–Kier alpha value is -1.51. The molecule has 0 spiro atoms. The van der Waals surface area contributed by atoms with Gasteiger partial charge in [0.05, 0.1) is 11.3 Å². The number of carbonyl (C=O) groups is 1. The van der Waals surface area contributed by atoms with Crippen LogP contribution in [-0.2, 0) is 6.42 Å². The summed E-state index contributed by atoms with van der Waals surface area (Å²) in [5.74, 6) is 0.633. The van der Waals surface area contributed by atoms with E-state index in [1.54, 1.807) is 0 Å². The minimum atomic E-state index is 0.153. The van der Waals surface area contributed by atoms with Gasteiger partial charge in [-0.1, -0.05) is 26.0 Å². The van der Waals surface area contributed by atoms with Crippen LogP contribution in [0.25, 0.3) is 0 Å². The molecule has 0 unspecified atom stereocenters. The molecule has 0 bridgehead atoms. The van der Waals surface area contributed by atoms with Gasteiger partial charge in [-0.3, -0.25) is 4.79 Å². The van der Waals surface area contributed by atoms with Crippen molar-refractivity contribution in [3.05, 3.63) is 29.3 Å². The van der Waals surface area contributed by atoms with E-state index >= 15 is 0 Å². The van der Waals surface area contributed by atoms with E-state index in [2.05, 4.69) is 39.1 Å². The molecule has 2 rings (SSSR count). The first-order valence-electron chi connectivity index (χ1n) is 7.67. The number of aryl methyl sites for hydroxylation is 1. The second-order valence-electron chi connectivity index (χ2n) is 6.32. The number of nitrogens with one attached hydrogen (secondary N) is 1. The maximum Gasteiger partial charge on any atom is 0.256 e. The number of nitrogens with zero attached hydrogens (tertiary/aromatic N) is 1. The Bertz CT molecular complexity index is 480. The van der Waals surface area contributed by atoms with Crippen LogP contribution in [0.2, 0.25) is 0 Å². The maximum absolute atomic E-state index is 12.9. The van der Waals surface area contributed by atoms with Gasteiger partial charge in [0.25, 0.3) is 5.91 Å². The van der Waals surface area contributed by atoms with Gasteiger partial charge in [0, 0.05) is 19.1 Å². The highest BCUT2D eigenvalue weighted by atomic mass is 16.2. The summed E-state index contributed by atoms with van der Waals surface area (Å²) >= 11 is 0. The number of carbonyl (C=O) groups excluding carboxylic acids is 1. The van der Waals surface area contributed by atoms with Gasteiger partial charge >= 0.3 is 0 Å². The molecule has 3 nitrogen and oxygen atoms in total. The summed E-state index contributed by atoms with van der Waals surface area (Å²) in [7, 11) is 0. The molecule has 0 saturated carbocycles. The number of rotatable bonds is 4. The Labute approximate surface area is 122 Å². The van der Waals surface area contributed by atoms with Crippen LogP contribution >= 0.6 is 0 Å². The van der Waals surface area contributed by atoms with Crippen LogP contribution in [0.15, 0.2) is 18.2 Å². The van der Waals surface area contributed by atoms with Crippen molar-refractivity contribution in [3.63, 3.8) is 0 Å². The van der Waals surface area contributed by atoms with Crippen LogP contribution in [0.4, 0.5) is 5.69 Å². The lowest BCUT2D eigenvalue weighted by Crippen LogP contribution is -2.40. The second-order valence-corrected chi connectivity index (χ2v) is 6.32. The smallest absolute Gasteiger partial charge is 0.256 e. The average Bonchev–Trinajstić information content (AvgIpc) is 2.43. The van der Waals surface area contributed by atoms with Gasteiger partial charge in [0.1, 0.15) is 0 Å². The number of amides is 1. The molecule has 3 heteroatoms. The van der Waals surface area contributed by atoms with Crippen molar-refractivity contribution in [1.29, 1.82) is 0 Å². The number of fused-ring (bicyclic) bond motifs is 1. The van der Waals surface area contributed by atoms with Crippen LogP contribution < -0.4 is 5.32 Å². The summed E-state index contributed by atoms with van der Waals surface area (Å²) in [6.45, 7) is 10.2. The van der Waals surface area contributed by atoms with E-state index in [4.69, 9.17) is 0 Å². The van der Waals surface area contributed by atoms with Crippen LogP contribution in [-0.4, -0.2) is 29.9 Å². The monoisotopic (exact) mass is 274 g/mol. The van der Waals surface area contributed by atoms with Crippen LogP contribution in [0.1, 0.15) is 50.0 Å². The summed E-state index contributed by atoms with van der Waals surface area (Å²) in [6.07, 6.45) is 2.21. The highest BCUT2D eigenvalue weighted by molar-refractivity contribution is 6.00. The minimum Gasteiger partial charge on any atom is -0.384 e. The van der Waals surface area contributed by atoms with E-state index < -0.39 is 0 Å². The number of benzene rings is 1. The van der Waals surface area contributed by atoms with Crippen molar-refractivity contribution in [2.45, 2.75) is 46.6 Å². The van der Waals surface area contributed by atoms with E-state index in [1.807, 2.05) is 17.0 Å². The zero-order valence-corrected chi connectivity index (χ0v) is 13.1. The average molecular weight is 274 g/mol. The number of hydrogen-bond acceptors (Lipinski definition) is 2. The summed E-state index contributed by atoms with van der Waals surface area (Å²) in [4.78, 5) is 14.9. The van der Waals surface area contributed by atoms with Gasteiger partial charge in [-0.05, 0) is 44.2 Å². The number of para-hydroxylation sites is 1. The first-order chi connectivity index (χ1) is 9.50. The van der Waals surface area contributed by atoms with Crippen LogP contribution in [0.3, 0.4) is 0 Å². The van der Waals surface area contributed by atoms with Gasteiger partial charge in [-0.25, -0.2) is 0 Å². The molecule has 1 aliphatic rings. The lowest BCUT2D eigenvalue weighted by Gasteiger charge is -2.30. The summed E-state index contributed by atoms with van der Waals surface area (Å²) in [5, 5.41) is 3.41. The third-order valence-corrected chi connectivity index (χ3v) is 3.75. The van der Waals surface area contributed by atoms with E-state index in [1.165, 1.54) is 5.56 Å². The molecule has 1 aromatic rings. The Kier molecular flexibility index (Phi) is 4.69. The summed E-state index contributed by atoms with van der Waals surface area (Å²) in [5.41, 5.74) is 3.16. The third-order valence-electron chi connectivity index (χ3n) is 3.75. The molecule has 1 aromatic carbocycles. The van der Waals surface area contributed by atoms with Crippen LogP contribution in [0, 0.1) is 5.92 Å². The Balaban J connectivity index is 2.32. The molecule has 1 heterocycles. The molecule has 1 aliphatic heterocycles. The zero-order chi connectivity index (χ0) is 14.7. The van der Waals surface area contributed by atoms with Crippen molar-refractivity contribution in [2.24, 2.45) is 5.92 Å². The molecule has 1 N–H and O–H groups in total. The first kappa shape index (κ1) is 14.9. The van der Waals surface area contributed by atoms with Crippen molar-refractivity contribution in [2.75, 3.05) is 18.4 Å². The molecule has 1 amide bonds. The first-order valence-corrected chi connectivity index (χ1v) is 7.67. The second kappa shape index (κ2) is 6.29. The van der Waals surface area contributed by atoms with Gasteiger partial charge in [0.15, 0.2) is 0 Å². The molecule has 0 fully saturated rings. The largest absolute Gasteiger partial charge is 0.384 e. The molecule has 0 radical (unpaired) electrons. The normalized spacial score (nSPS) is 14.1. The molecule has 0 saturated heterocycles. The number of hydrogen-bond donors (Lipinski definition) is 1. The van der Waals surface area contributed by atoms with E-state index in [-0.39, 0.29) is 11.9 Å². The van der Waals surface area contributed by atoms with Gasteiger partial charge in [-0.15, -0.1) is 0 Å². The standard InChI is InChI=1S/C17H26N2O/c1-12(2)11-19(13(3)4)17(20)15-9-5-7-14-8-6-10-18-16(14)15/h5,7,9,12-13,18H,6,8,10-11H2,1-4H3. The lowest BCUT2D eigenvalue weighted by molar-refractivity contribution is 0.0683. The third kappa shape index (κ3) is 3.14. The van der Waals surface area contributed by atoms with Gasteiger partial charge in [-0.2, -0.15) is 0 Å². The summed E-state index contributed by atoms with van der Waals surface area (Å²) in [6, 6.07) is 6.31. The molecule has 110 valence electrons. The predicted octanol–water partition coefficient (Wildman–Crippen LogP) is 3.55. The van der Waals surface area contributed by atoms with Crippen molar-refractivity contribution < 1.29 is 4.79 Å². The fourth-order valence-electron chi connectivity index (χ4n) is 2.76. The summed E-state index contributed by atoms with van der Waals surface area (Å²) < 4.78 is 0. The molecular weight excluding hydrogens is 248 g/mol. The molecule has 0 atom stereocenters. The fourth-order valence-corrected chi connectivity index (χ4v) is 2.76. The minimum absolute atomic E-state index is 0.153. The molecule has 0 aromatic heterocycles. The molecule has 20 heavy (non-hydrogen) atoms. The highest BCUT2D eigenvalue weighted by Gasteiger charge is 2.24. The Morgan fingerprint density at radius 2 is 2.05 bits per heavy atom. The van der Waals surface area contributed by atoms with Gasteiger partial charge in [0.2, 0.25) is 0 Å². The van der Waals surface area contributed by atoms with Crippen molar-refractivity contribution in [3.8, 4) is 0 Å². The Morgan fingerprint density at radius 3 is 2.70 bits per heavy atom. The Morgan fingerprint density at radius 1 is 1.30 bits per heavy atom.